The lowest BCUT2D eigenvalue weighted by atomic mass is 9.89. The summed E-state index contributed by atoms with van der Waals surface area (Å²) >= 11 is 0. The third kappa shape index (κ3) is 3.22. The first-order valence-corrected chi connectivity index (χ1v) is 8.50. The minimum absolute atomic E-state index is 0.0853. The van der Waals surface area contributed by atoms with Crippen LogP contribution in [0.5, 0.6) is 0 Å². The predicted octanol–water partition coefficient (Wildman–Crippen LogP) is 2.70. The number of nitrogens with one attached hydrogen (secondary N) is 1. The molecular formula is C20H19FN2O3. The van der Waals surface area contributed by atoms with Gasteiger partial charge in [-0.15, -0.1) is 0 Å². The van der Waals surface area contributed by atoms with Crippen LogP contribution in [-0.2, 0) is 16.1 Å². The molecule has 0 aliphatic carbocycles. The van der Waals surface area contributed by atoms with Crippen molar-refractivity contribution in [2.75, 3.05) is 11.4 Å². The van der Waals surface area contributed by atoms with Gasteiger partial charge in [-0.05, 0) is 24.6 Å². The van der Waals surface area contributed by atoms with Gasteiger partial charge >= 0.3 is 0 Å². The smallest absolute Gasteiger partial charge is 0.247 e. The number of nitrogens with zero attached hydrogens (tertiary/aromatic N) is 1. The molecule has 134 valence electrons. The lowest BCUT2D eigenvalue weighted by Crippen LogP contribution is -2.51. The number of rotatable bonds is 5. The van der Waals surface area contributed by atoms with E-state index in [1.54, 1.807) is 42.5 Å². The van der Waals surface area contributed by atoms with E-state index in [-0.39, 0.29) is 6.54 Å². The summed E-state index contributed by atoms with van der Waals surface area (Å²) in [5.74, 6) is -3.67. The Bertz CT molecular complexity index is 866. The van der Waals surface area contributed by atoms with Crippen LogP contribution in [0.4, 0.5) is 10.1 Å². The quantitative estimate of drug-likeness (QED) is 0.840. The molecule has 6 heteroatoms. The lowest BCUT2D eigenvalue weighted by molar-refractivity contribution is -0.132. The highest BCUT2D eigenvalue weighted by Crippen LogP contribution is 2.30. The average molecular weight is 354 g/mol. The molecule has 1 aliphatic rings. The number of carbonyl (C=O) groups is 3. The summed E-state index contributed by atoms with van der Waals surface area (Å²) in [5, 5.41) is 2.52. The zero-order valence-corrected chi connectivity index (χ0v) is 14.4. The van der Waals surface area contributed by atoms with E-state index in [1.165, 1.54) is 11.0 Å². The Morgan fingerprint density at radius 3 is 2.54 bits per heavy atom. The molecule has 26 heavy (non-hydrogen) atoms. The Labute approximate surface area is 150 Å². The minimum atomic E-state index is -1.44. The number of para-hydroxylation sites is 1. The van der Waals surface area contributed by atoms with Crippen molar-refractivity contribution < 1.29 is 18.8 Å². The molecular weight excluding hydrogens is 335 g/mol. The maximum absolute atomic E-state index is 13.7. The Hall–Kier alpha value is -3.02. The highest BCUT2D eigenvalue weighted by Gasteiger charge is 2.43. The molecule has 1 atom stereocenters. The predicted molar refractivity (Wildman–Crippen MR) is 95.2 cm³/mol. The molecule has 3 rings (SSSR count). The highest BCUT2D eigenvalue weighted by atomic mass is 19.1. The van der Waals surface area contributed by atoms with Gasteiger partial charge in [-0.2, -0.15) is 0 Å². The number of hydrogen-bond acceptors (Lipinski definition) is 3. The second-order valence-corrected chi connectivity index (χ2v) is 6.11. The van der Waals surface area contributed by atoms with E-state index in [4.69, 9.17) is 0 Å². The summed E-state index contributed by atoms with van der Waals surface area (Å²) in [7, 11) is 0. The Morgan fingerprint density at radius 2 is 1.81 bits per heavy atom. The van der Waals surface area contributed by atoms with Gasteiger partial charge in [-0.25, -0.2) is 4.39 Å². The first-order chi connectivity index (χ1) is 12.5. The summed E-state index contributed by atoms with van der Waals surface area (Å²) < 4.78 is 13.7. The van der Waals surface area contributed by atoms with Gasteiger partial charge in [0, 0.05) is 24.2 Å². The Kier molecular flexibility index (Phi) is 5.11. The standard InChI is InChI=1S/C20H19FN2O3/c1-2-11-23-16-10-6-4-8-14(16)18(24)17(20(23)26)19(25)22-12-13-7-3-5-9-15(13)21/h3-10,17H,2,11-12H2,1H3,(H,22,25). The summed E-state index contributed by atoms with van der Waals surface area (Å²) in [6.07, 6.45) is 0.692. The largest absolute Gasteiger partial charge is 0.351 e. The van der Waals surface area contributed by atoms with E-state index in [1.807, 2.05) is 6.92 Å². The fourth-order valence-electron chi connectivity index (χ4n) is 3.07. The lowest BCUT2D eigenvalue weighted by Gasteiger charge is -2.32. The van der Waals surface area contributed by atoms with Crippen molar-refractivity contribution in [1.82, 2.24) is 5.32 Å². The fraction of sp³-hybridized carbons (Fsp3) is 0.250. The minimum Gasteiger partial charge on any atom is -0.351 e. The number of hydrogen-bond donors (Lipinski definition) is 1. The second-order valence-electron chi connectivity index (χ2n) is 6.11. The van der Waals surface area contributed by atoms with Crippen LogP contribution >= 0.6 is 0 Å². The molecule has 0 saturated heterocycles. The van der Waals surface area contributed by atoms with Crippen molar-refractivity contribution >= 4 is 23.3 Å². The number of carbonyl (C=O) groups excluding carboxylic acids is 3. The maximum atomic E-state index is 13.7. The number of amides is 2. The number of fused-ring (bicyclic) bond motifs is 1. The summed E-state index contributed by atoms with van der Waals surface area (Å²) in [4.78, 5) is 39.5. The molecule has 2 aromatic rings. The van der Waals surface area contributed by atoms with Gasteiger partial charge in [0.2, 0.25) is 11.8 Å². The molecule has 0 fully saturated rings. The number of Topliss-reactive ketones (excluding diaryl/α,β-unsaturated/α-hetero) is 1. The van der Waals surface area contributed by atoms with Crippen LogP contribution in [0.1, 0.15) is 29.3 Å². The first-order valence-electron chi connectivity index (χ1n) is 8.50. The van der Waals surface area contributed by atoms with Crippen LogP contribution < -0.4 is 10.2 Å². The maximum Gasteiger partial charge on any atom is 0.247 e. The topological polar surface area (TPSA) is 66.5 Å². The van der Waals surface area contributed by atoms with Crippen molar-refractivity contribution in [1.29, 1.82) is 0 Å². The zero-order valence-electron chi connectivity index (χ0n) is 14.4. The molecule has 0 bridgehead atoms. The zero-order chi connectivity index (χ0) is 18.7. The highest BCUT2D eigenvalue weighted by molar-refractivity contribution is 6.31. The number of halogens is 1. The molecule has 0 spiro atoms. The Balaban J connectivity index is 1.84. The molecule has 5 nitrogen and oxygen atoms in total. The summed E-state index contributed by atoms with van der Waals surface area (Å²) in [6, 6.07) is 12.8. The van der Waals surface area contributed by atoms with Crippen molar-refractivity contribution in [3.05, 3.63) is 65.5 Å². The fourth-order valence-corrected chi connectivity index (χ4v) is 3.07. The Morgan fingerprint density at radius 1 is 1.12 bits per heavy atom. The number of benzene rings is 2. The molecule has 0 radical (unpaired) electrons. The van der Waals surface area contributed by atoms with Crippen molar-refractivity contribution in [2.45, 2.75) is 19.9 Å². The third-order valence-electron chi connectivity index (χ3n) is 4.36. The normalized spacial score (nSPS) is 16.4. The van der Waals surface area contributed by atoms with Crippen LogP contribution in [0.15, 0.2) is 48.5 Å². The van der Waals surface area contributed by atoms with Gasteiger partial charge in [-0.1, -0.05) is 37.3 Å². The molecule has 0 aromatic heterocycles. The summed E-state index contributed by atoms with van der Waals surface area (Å²) in [6.45, 7) is 2.25. The van der Waals surface area contributed by atoms with Crippen LogP contribution in [0.2, 0.25) is 0 Å². The molecule has 2 amide bonds. The molecule has 1 N–H and O–H groups in total. The SMILES string of the molecule is CCCN1C(=O)C(C(=O)NCc2ccccc2F)C(=O)c2ccccc21. The molecule has 1 aliphatic heterocycles. The van der Waals surface area contributed by atoms with Gasteiger partial charge in [0.25, 0.3) is 0 Å². The van der Waals surface area contributed by atoms with E-state index < -0.39 is 29.3 Å². The van der Waals surface area contributed by atoms with E-state index in [0.29, 0.717) is 29.8 Å². The van der Waals surface area contributed by atoms with Gasteiger partial charge in [-0.3, -0.25) is 14.4 Å². The van der Waals surface area contributed by atoms with Crippen LogP contribution in [-0.4, -0.2) is 24.1 Å². The van der Waals surface area contributed by atoms with E-state index >= 15 is 0 Å². The molecule has 2 aromatic carbocycles. The third-order valence-corrected chi connectivity index (χ3v) is 4.36. The van der Waals surface area contributed by atoms with E-state index in [9.17, 15) is 18.8 Å². The van der Waals surface area contributed by atoms with Crippen LogP contribution in [0, 0.1) is 11.7 Å². The van der Waals surface area contributed by atoms with Crippen molar-refractivity contribution in [2.24, 2.45) is 5.92 Å². The number of ketones is 1. The van der Waals surface area contributed by atoms with Crippen molar-refractivity contribution in [3.63, 3.8) is 0 Å². The van der Waals surface area contributed by atoms with E-state index in [0.717, 1.165) is 0 Å². The van der Waals surface area contributed by atoms with Crippen molar-refractivity contribution in [3.8, 4) is 0 Å². The van der Waals surface area contributed by atoms with Gasteiger partial charge in [0.1, 0.15) is 5.82 Å². The molecule has 1 unspecified atom stereocenters. The van der Waals surface area contributed by atoms with Gasteiger partial charge in [0.05, 0.1) is 5.69 Å². The monoisotopic (exact) mass is 354 g/mol. The molecule has 0 saturated carbocycles. The average Bonchev–Trinajstić information content (AvgIpc) is 2.64. The van der Waals surface area contributed by atoms with E-state index in [2.05, 4.69) is 5.32 Å². The summed E-state index contributed by atoms with van der Waals surface area (Å²) in [5.41, 5.74) is 1.18. The van der Waals surface area contributed by atoms with Gasteiger partial charge in [0.15, 0.2) is 11.7 Å². The first kappa shape index (κ1) is 17.8. The van der Waals surface area contributed by atoms with Crippen LogP contribution in [0.3, 0.4) is 0 Å². The second kappa shape index (κ2) is 7.47. The van der Waals surface area contributed by atoms with Gasteiger partial charge < -0.3 is 10.2 Å². The number of anilines is 1. The molecule has 1 heterocycles. The van der Waals surface area contributed by atoms with Crippen LogP contribution in [0.25, 0.3) is 0 Å².